The Morgan fingerprint density at radius 2 is 0.397 bits per heavy atom. The molecule has 0 spiro atoms. The van der Waals surface area contributed by atoms with Crippen molar-refractivity contribution in [3.63, 3.8) is 0 Å². The van der Waals surface area contributed by atoms with Crippen LogP contribution in [0.1, 0.15) is 361 Å². The highest BCUT2D eigenvalue weighted by Crippen LogP contribution is 2.18. The van der Waals surface area contributed by atoms with E-state index in [4.69, 9.17) is 14.2 Å². The number of rotatable bonds is 58. The van der Waals surface area contributed by atoms with Crippen molar-refractivity contribution in [3.8, 4) is 0 Å². The van der Waals surface area contributed by atoms with Gasteiger partial charge in [0.25, 0.3) is 0 Å². The first kappa shape index (κ1) is 66.4. The maximum Gasteiger partial charge on any atom is 0.306 e. The summed E-state index contributed by atoms with van der Waals surface area (Å²) in [4.78, 5) is 38.2. The van der Waals surface area contributed by atoms with Crippen molar-refractivity contribution in [2.75, 3.05) is 13.2 Å². The molecule has 0 aliphatic carbocycles. The zero-order chi connectivity index (χ0) is 49.3. The summed E-state index contributed by atoms with van der Waals surface area (Å²) in [7, 11) is 0. The van der Waals surface area contributed by atoms with E-state index < -0.39 is 6.10 Å². The van der Waals surface area contributed by atoms with Crippen molar-refractivity contribution in [1.29, 1.82) is 0 Å². The van der Waals surface area contributed by atoms with Gasteiger partial charge in [0.15, 0.2) is 6.10 Å². The number of carbonyl (C=O) groups excluding carboxylic acids is 3. The molecule has 0 radical (unpaired) electrons. The van der Waals surface area contributed by atoms with Gasteiger partial charge >= 0.3 is 17.9 Å². The largest absolute Gasteiger partial charge is 0.462 e. The maximum absolute atomic E-state index is 12.9. The summed E-state index contributed by atoms with van der Waals surface area (Å²) in [5.41, 5.74) is 0. The molecule has 0 saturated heterocycles. The Morgan fingerprint density at radius 1 is 0.235 bits per heavy atom. The molecule has 0 rings (SSSR count). The molecule has 0 aliphatic rings. The van der Waals surface area contributed by atoms with Gasteiger partial charge in [0.1, 0.15) is 13.2 Å². The van der Waals surface area contributed by atoms with E-state index in [0.717, 1.165) is 57.8 Å². The summed E-state index contributed by atoms with van der Waals surface area (Å²) in [6.45, 7) is 6.72. The summed E-state index contributed by atoms with van der Waals surface area (Å²) in [6, 6.07) is 0. The van der Waals surface area contributed by atoms with Gasteiger partial charge in [0.05, 0.1) is 0 Å². The smallest absolute Gasteiger partial charge is 0.306 e. The van der Waals surface area contributed by atoms with Gasteiger partial charge in [-0.15, -0.1) is 0 Å². The van der Waals surface area contributed by atoms with Crippen LogP contribution in [0, 0.1) is 0 Å². The Balaban J connectivity index is 4.28. The summed E-state index contributed by atoms with van der Waals surface area (Å²) in [6.07, 6.45) is 65.3. The zero-order valence-corrected chi connectivity index (χ0v) is 46.4. The molecule has 0 aromatic carbocycles. The molecule has 68 heavy (non-hydrogen) atoms. The van der Waals surface area contributed by atoms with Gasteiger partial charge in [0.2, 0.25) is 0 Å². The fourth-order valence-corrected chi connectivity index (χ4v) is 9.68. The average molecular weight is 962 g/mol. The van der Waals surface area contributed by atoms with Gasteiger partial charge in [-0.2, -0.15) is 0 Å². The minimum atomic E-state index is -0.762. The van der Waals surface area contributed by atoms with Crippen LogP contribution < -0.4 is 0 Å². The second-order valence-corrected chi connectivity index (χ2v) is 21.3. The second-order valence-electron chi connectivity index (χ2n) is 21.3. The molecular weight excluding hydrogens is 841 g/mol. The van der Waals surface area contributed by atoms with E-state index in [9.17, 15) is 14.4 Å². The van der Waals surface area contributed by atoms with Crippen LogP contribution in [0.5, 0.6) is 0 Å². The number of esters is 3. The van der Waals surface area contributed by atoms with Crippen LogP contribution in [-0.4, -0.2) is 37.2 Å². The van der Waals surface area contributed by atoms with Gasteiger partial charge in [-0.25, -0.2) is 0 Å². The van der Waals surface area contributed by atoms with Crippen LogP contribution in [0.2, 0.25) is 0 Å². The first-order valence-electron chi connectivity index (χ1n) is 31.0. The SMILES string of the molecule is CCCCCCCCCCCCCCCCCCCCCC(=O)O[C@H](COC(=O)CCCCCCCCCCCCCCCCC)COC(=O)CCCCCCCCCCCCCCCCCC. The molecule has 0 aliphatic heterocycles. The van der Waals surface area contributed by atoms with Gasteiger partial charge < -0.3 is 14.2 Å². The minimum absolute atomic E-state index is 0.0607. The molecule has 404 valence electrons. The molecule has 0 saturated carbocycles. The molecule has 0 N–H and O–H groups in total. The van der Waals surface area contributed by atoms with E-state index in [1.54, 1.807) is 0 Å². The Morgan fingerprint density at radius 3 is 0.588 bits per heavy atom. The molecular formula is C62H120O6. The highest BCUT2D eigenvalue weighted by molar-refractivity contribution is 5.71. The summed E-state index contributed by atoms with van der Waals surface area (Å²) in [5, 5.41) is 0. The predicted octanol–water partition coefficient (Wildman–Crippen LogP) is 20.7. The van der Waals surface area contributed by atoms with Crippen molar-refractivity contribution in [2.45, 2.75) is 367 Å². The number of ether oxygens (including phenoxy) is 3. The highest BCUT2D eigenvalue weighted by atomic mass is 16.6. The fraction of sp³-hybridized carbons (Fsp3) is 0.952. The third-order valence-electron chi connectivity index (χ3n) is 14.4. The summed E-state index contributed by atoms with van der Waals surface area (Å²) < 4.78 is 16.9. The molecule has 6 heteroatoms. The van der Waals surface area contributed by atoms with Crippen LogP contribution in [0.4, 0.5) is 0 Å². The van der Waals surface area contributed by atoms with Crippen molar-refractivity contribution in [2.24, 2.45) is 0 Å². The molecule has 0 amide bonds. The lowest BCUT2D eigenvalue weighted by Gasteiger charge is -2.18. The Hall–Kier alpha value is -1.59. The predicted molar refractivity (Wildman–Crippen MR) is 294 cm³/mol. The number of hydrogen-bond donors (Lipinski definition) is 0. The number of hydrogen-bond acceptors (Lipinski definition) is 6. The van der Waals surface area contributed by atoms with Crippen molar-refractivity contribution < 1.29 is 28.6 Å². The topological polar surface area (TPSA) is 78.9 Å². The second kappa shape index (κ2) is 58.0. The van der Waals surface area contributed by atoms with E-state index in [2.05, 4.69) is 20.8 Å². The average Bonchev–Trinajstić information content (AvgIpc) is 3.34. The van der Waals surface area contributed by atoms with E-state index in [-0.39, 0.29) is 31.1 Å². The molecule has 6 nitrogen and oxygen atoms in total. The van der Waals surface area contributed by atoms with Gasteiger partial charge in [0, 0.05) is 19.3 Å². The quantitative estimate of drug-likeness (QED) is 0.0343. The van der Waals surface area contributed by atoms with Gasteiger partial charge in [-0.1, -0.05) is 323 Å². The Labute approximate surface area is 425 Å². The molecule has 0 bridgehead atoms. The summed E-state index contributed by atoms with van der Waals surface area (Å²) >= 11 is 0. The maximum atomic E-state index is 12.9. The Kier molecular flexibility index (Phi) is 56.6. The molecule has 0 fully saturated rings. The fourth-order valence-electron chi connectivity index (χ4n) is 9.68. The third-order valence-corrected chi connectivity index (χ3v) is 14.4. The lowest BCUT2D eigenvalue weighted by atomic mass is 10.0. The van der Waals surface area contributed by atoms with Crippen LogP contribution in [0.25, 0.3) is 0 Å². The van der Waals surface area contributed by atoms with Crippen LogP contribution in [-0.2, 0) is 28.6 Å². The van der Waals surface area contributed by atoms with Crippen molar-refractivity contribution in [1.82, 2.24) is 0 Å². The lowest BCUT2D eigenvalue weighted by Crippen LogP contribution is -2.30. The van der Waals surface area contributed by atoms with E-state index in [0.29, 0.717) is 19.3 Å². The number of carbonyl (C=O) groups is 3. The van der Waals surface area contributed by atoms with Crippen molar-refractivity contribution >= 4 is 17.9 Å². The summed E-state index contributed by atoms with van der Waals surface area (Å²) in [5.74, 6) is -0.826. The van der Waals surface area contributed by atoms with Crippen LogP contribution >= 0.6 is 0 Å². The normalized spacial score (nSPS) is 11.9. The van der Waals surface area contributed by atoms with Gasteiger partial charge in [-0.05, 0) is 19.3 Å². The molecule has 0 heterocycles. The van der Waals surface area contributed by atoms with Crippen LogP contribution in [0.3, 0.4) is 0 Å². The molecule has 0 aromatic rings. The highest BCUT2D eigenvalue weighted by Gasteiger charge is 2.19. The Bertz CT molecular complexity index is 1010. The van der Waals surface area contributed by atoms with Crippen molar-refractivity contribution in [3.05, 3.63) is 0 Å². The van der Waals surface area contributed by atoms with Crippen LogP contribution in [0.15, 0.2) is 0 Å². The zero-order valence-electron chi connectivity index (χ0n) is 46.4. The van der Waals surface area contributed by atoms with Gasteiger partial charge in [-0.3, -0.25) is 14.4 Å². The third kappa shape index (κ3) is 55.3. The van der Waals surface area contributed by atoms with E-state index in [1.165, 1.54) is 263 Å². The van der Waals surface area contributed by atoms with E-state index >= 15 is 0 Å². The number of unbranched alkanes of at least 4 members (excludes halogenated alkanes) is 47. The van der Waals surface area contributed by atoms with E-state index in [1.807, 2.05) is 0 Å². The standard InChI is InChI=1S/C62H120O6/c1-4-7-10-13-16-19-22-25-28-30-31-32-35-38-41-44-47-50-53-56-62(65)68-59(57-66-60(63)54-51-48-45-42-39-36-33-27-24-21-18-15-12-9-6-3)58-67-61(64)55-52-49-46-43-40-37-34-29-26-23-20-17-14-11-8-5-2/h59H,4-58H2,1-3H3/t59-/m1/s1. The first-order valence-corrected chi connectivity index (χ1v) is 31.0. The first-order chi connectivity index (χ1) is 33.5. The molecule has 1 atom stereocenters. The monoisotopic (exact) mass is 961 g/mol. The molecule has 0 aromatic heterocycles. The molecule has 0 unspecified atom stereocenters. The minimum Gasteiger partial charge on any atom is -0.462 e. The lowest BCUT2D eigenvalue weighted by molar-refractivity contribution is -0.167.